The number of hydrogen-bond donors (Lipinski definition) is 1. The molecule has 0 aromatic rings. The van der Waals surface area contributed by atoms with Crippen molar-refractivity contribution in [1.29, 1.82) is 0 Å². The molecule has 1 aliphatic rings. The van der Waals surface area contributed by atoms with Crippen LogP contribution in [0.2, 0.25) is 0 Å². The van der Waals surface area contributed by atoms with Crippen LogP contribution >= 0.6 is 11.8 Å². The average Bonchev–Trinajstić information content (AvgIpc) is 2.50. The van der Waals surface area contributed by atoms with Crippen LogP contribution < -0.4 is 5.32 Å². The lowest BCUT2D eigenvalue weighted by Crippen LogP contribution is -2.34. The molecule has 1 atom stereocenters. The van der Waals surface area contributed by atoms with Crippen molar-refractivity contribution in [3.63, 3.8) is 0 Å². The fourth-order valence-electron chi connectivity index (χ4n) is 1.40. The van der Waals surface area contributed by atoms with E-state index in [-0.39, 0.29) is 5.60 Å². The van der Waals surface area contributed by atoms with Gasteiger partial charge in [-0.2, -0.15) is 11.8 Å². The molecule has 0 bridgehead atoms. The van der Waals surface area contributed by atoms with E-state index in [1.807, 2.05) is 25.9 Å². The number of rotatable bonds is 4. The van der Waals surface area contributed by atoms with Crippen molar-refractivity contribution >= 4 is 11.8 Å². The first kappa shape index (κ1) is 9.36. The van der Waals surface area contributed by atoms with Gasteiger partial charge in [-0.05, 0) is 32.2 Å². The summed E-state index contributed by atoms with van der Waals surface area (Å²) in [4.78, 5) is 0. The molecule has 1 N–H and O–H groups in total. The Balaban J connectivity index is 2.33. The molecule has 1 heterocycles. The third-order valence-corrected chi connectivity index (χ3v) is 3.55. The highest BCUT2D eigenvalue weighted by molar-refractivity contribution is 7.99. The number of thioether (sulfide) groups is 1. The van der Waals surface area contributed by atoms with Crippen molar-refractivity contribution in [3.8, 4) is 0 Å². The van der Waals surface area contributed by atoms with E-state index in [9.17, 15) is 0 Å². The Bertz CT molecular complexity index is 113. The predicted molar refractivity (Wildman–Crippen MR) is 50.2 cm³/mol. The summed E-state index contributed by atoms with van der Waals surface area (Å²) in [5, 5.41) is 3.16. The average molecular weight is 175 g/mol. The van der Waals surface area contributed by atoms with Gasteiger partial charge in [0.1, 0.15) is 0 Å². The van der Waals surface area contributed by atoms with E-state index in [1.165, 1.54) is 17.9 Å². The molecule has 0 amide bonds. The summed E-state index contributed by atoms with van der Waals surface area (Å²) < 4.78 is 5.54. The fraction of sp³-hybridized carbons (Fsp3) is 1.00. The summed E-state index contributed by atoms with van der Waals surface area (Å²) in [7, 11) is 3.83. The van der Waals surface area contributed by atoms with Gasteiger partial charge in [0.15, 0.2) is 0 Å². The van der Waals surface area contributed by atoms with Crippen LogP contribution in [0.3, 0.4) is 0 Å². The Morgan fingerprint density at radius 2 is 2.45 bits per heavy atom. The van der Waals surface area contributed by atoms with Crippen LogP contribution in [0.15, 0.2) is 0 Å². The molecular weight excluding hydrogens is 158 g/mol. The first-order valence-corrected chi connectivity index (χ1v) is 5.26. The van der Waals surface area contributed by atoms with E-state index in [1.54, 1.807) is 0 Å². The van der Waals surface area contributed by atoms with Crippen molar-refractivity contribution in [2.75, 3.05) is 32.2 Å². The molecule has 3 heteroatoms. The van der Waals surface area contributed by atoms with Crippen molar-refractivity contribution in [2.45, 2.75) is 18.4 Å². The third-order valence-electron chi connectivity index (χ3n) is 2.33. The van der Waals surface area contributed by atoms with Gasteiger partial charge in [0.25, 0.3) is 0 Å². The van der Waals surface area contributed by atoms with Crippen LogP contribution in [0.5, 0.6) is 0 Å². The largest absolute Gasteiger partial charge is 0.377 e. The molecule has 0 aromatic heterocycles. The summed E-state index contributed by atoms with van der Waals surface area (Å²) in [5.41, 5.74) is 0.188. The lowest BCUT2D eigenvalue weighted by Gasteiger charge is -2.26. The standard InChI is InChI=1S/C8H17NOS/c1-9-5-3-8(10-2)4-6-11-7-8/h9H,3-7H2,1-2H3. The van der Waals surface area contributed by atoms with E-state index < -0.39 is 0 Å². The van der Waals surface area contributed by atoms with Crippen LogP contribution in [-0.2, 0) is 4.74 Å². The Morgan fingerprint density at radius 3 is 2.91 bits per heavy atom. The van der Waals surface area contributed by atoms with Gasteiger partial charge in [0.2, 0.25) is 0 Å². The van der Waals surface area contributed by atoms with Crippen LogP contribution in [-0.4, -0.2) is 37.8 Å². The predicted octanol–water partition coefficient (Wildman–Crippen LogP) is 1.12. The molecule has 66 valence electrons. The van der Waals surface area contributed by atoms with Gasteiger partial charge in [-0.25, -0.2) is 0 Å². The van der Waals surface area contributed by atoms with E-state index in [0.717, 1.165) is 13.0 Å². The number of hydrogen-bond acceptors (Lipinski definition) is 3. The summed E-state index contributed by atoms with van der Waals surface area (Å²) in [5.74, 6) is 2.43. The van der Waals surface area contributed by atoms with Crippen molar-refractivity contribution in [3.05, 3.63) is 0 Å². The lowest BCUT2D eigenvalue weighted by atomic mass is 9.99. The van der Waals surface area contributed by atoms with Gasteiger partial charge in [-0.3, -0.25) is 0 Å². The zero-order chi connectivity index (χ0) is 8.16. The topological polar surface area (TPSA) is 21.3 Å². The molecule has 1 saturated heterocycles. The molecular formula is C8H17NOS. The maximum atomic E-state index is 5.54. The molecule has 1 aliphatic heterocycles. The molecule has 11 heavy (non-hydrogen) atoms. The highest BCUT2D eigenvalue weighted by Gasteiger charge is 2.33. The van der Waals surface area contributed by atoms with Crippen LogP contribution in [0.4, 0.5) is 0 Å². The maximum Gasteiger partial charge on any atom is 0.0788 e. The lowest BCUT2D eigenvalue weighted by molar-refractivity contribution is 0.00656. The summed E-state index contributed by atoms with van der Waals surface area (Å²) in [6.45, 7) is 1.06. The summed E-state index contributed by atoms with van der Waals surface area (Å²) in [6, 6.07) is 0. The highest BCUT2D eigenvalue weighted by atomic mass is 32.2. The molecule has 0 radical (unpaired) electrons. The third kappa shape index (κ3) is 2.36. The number of nitrogens with one attached hydrogen (secondary N) is 1. The quantitative estimate of drug-likeness (QED) is 0.692. The molecule has 0 spiro atoms. The normalized spacial score (nSPS) is 31.1. The highest BCUT2D eigenvalue weighted by Crippen LogP contribution is 2.33. The summed E-state index contributed by atoms with van der Waals surface area (Å²) in [6.07, 6.45) is 2.36. The second-order valence-corrected chi connectivity index (χ2v) is 4.15. The molecule has 1 rings (SSSR count). The minimum absolute atomic E-state index is 0.188. The van der Waals surface area contributed by atoms with Gasteiger partial charge in [-0.15, -0.1) is 0 Å². The summed E-state index contributed by atoms with van der Waals surface area (Å²) >= 11 is 2.00. The van der Waals surface area contributed by atoms with Gasteiger partial charge in [-0.1, -0.05) is 0 Å². The first-order chi connectivity index (χ1) is 5.33. The minimum Gasteiger partial charge on any atom is -0.377 e. The van der Waals surface area contributed by atoms with Gasteiger partial charge >= 0.3 is 0 Å². The van der Waals surface area contributed by atoms with Crippen molar-refractivity contribution in [2.24, 2.45) is 0 Å². The zero-order valence-corrected chi connectivity index (χ0v) is 8.17. The Labute approximate surface area is 73.1 Å². The van der Waals surface area contributed by atoms with Crippen molar-refractivity contribution in [1.82, 2.24) is 5.32 Å². The Hall–Kier alpha value is 0.270. The number of methoxy groups -OCH3 is 1. The Kier molecular flexibility index (Phi) is 3.69. The molecule has 2 nitrogen and oxygen atoms in total. The molecule has 1 fully saturated rings. The first-order valence-electron chi connectivity index (χ1n) is 4.10. The maximum absolute atomic E-state index is 5.54. The van der Waals surface area contributed by atoms with E-state index in [4.69, 9.17) is 4.74 Å². The van der Waals surface area contributed by atoms with E-state index in [0.29, 0.717) is 0 Å². The van der Waals surface area contributed by atoms with Crippen molar-refractivity contribution < 1.29 is 4.74 Å². The monoisotopic (exact) mass is 175 g/mol. The molecule has 1 unspecified atom stereocenters. The second-order valence-electron chi connectivity index (χ2n) is 3.04. The fourth-order valence-corrected chi connectivity index (χ4v) is 2.84. The van der Waals surface area contributed by atoms with Gasteiger partial charge in [0, 0.05) is 12.9 Å². The van der Waals surface area contributed by atoms with Crippen LogP contribution in [0.25, 0.3) is 0 Å². The minimum atomic E-state index is 0.188. The van der Waals surface area contributed by atoms with E-state index >= 15 is 0 Å². The van der Waals surface area contributed by atoms with E-state index in [2.05, 4.69) is 5.32 Å². The molecule has 0 aromatic carbocycles. The van der Waals surface area contributed by atoms with Crippen LogP contribution in [0.1, 0.15) is 12.8 Å². The second kappa shape index (κ2) is 4.33. The molecule has 0 saturated carbocycles. The number of ether oxygens (including phenoxy) is 1. The Morgan fingerprint density at radius 1 is 1.64 bits per heavy atom. The van der Waals surface area contributed by atoms with Crippen LogP contribution in [0, 0.1) is 0 Å². The SMILES string of the molecule is CNCCC1(OC)CCSC1. The zero-order valence-electron chi connectivity index (χ0n) is 7.35. The smallest absolute Gasteiger partial charge is 0.0788 e. The van der Waals surface area contributed by atoms with Gasteiger partial charge < -0.3 is 10.1 Å². The molecule has 0 aliphatic carbocycles. The van der Waals surface area contributed by atoms with Gasteiger partial charge in [0.05, 0.1) is 5.60 Å².